The molecule has 2 heterocycles. The minimum atomic E-state index is 0.582. The Morgan fingerprint density at radius 2 is 2.05 bits per heavy atom. The minimum Gasteiger partial charge on any atom is -0.330 e. The Morgan fingerprint density at radius 1 is 1.24 bits per heavy atom. The smallest absolute Gasteiger partial charge is 0.156 e. The summed E-state index contributed by atoms with van der Waals surface area (Å²) in [5.41, 5.74) is 12.3. The summed E-state index contributed by atoms with van der Waals surface area (Å²) in [5, 5.41) is 0.660. The van der Waals surface area contributed by atoms with Crippen LogP contribution in [-0.4, -0.2) is 15.9 Å². The minimum absolute atomic E-state index is 0.582. The number of hydrogen-bond donors (Lipinski definition) is 1. The van der Waals surface area contributed by atoms with Gasteiger partial charge in [0.2, 0.25) is 0 Å². The first-order valence-electron chi connectivity index (χ1n) is 7.05. The number of halogens is 1. The van der Waals surface area contributed by atoms with Crippen LogP contribution in [-0.2, 0) is 6.42 Å². The monoisotopic (exact) mass is 299 g/mol. The van der Waals surface area contributed by atoms with Crippen LogP contribution in [0.15, 0.2) is 36.5 Å². The second kappa shape index (κ2) is 5.51. The van der Waals surface area contributed by atoms with Gasteiger partial charge in [-0.15, -0.1) is 0 Å². The molecule has 0 aliphatic heterocycles. The molecule has 108 valence electrons. The normalized spacial score (nSPS) is 11.2. The number of nitrogens with two attached hydrogens (primary N) is 1. The summed E-state index contributed by atoms with van der Waals surface area (Å²) in [4.78, 5) is 4.78. The molecule has 0 atom stereocenters. The van der Waals surface area contributed by atoms with E-state index in [0.717, 1.165) is 29.0 Å². The van der Waals surface area contributed by atoms with Gasteiger partial charge in [-0.2, -0.15) is 0 Å². The van der Waals surface area contributed by atoms with Crippen LogP contribution in [0.5, 0.6) is 0 Å². The molecule has 0 aliphatic rings. The van der Waals surface area contributed by atoms with Gasteiger partial charge in [0.1, 0.15) is 0 Å². The zero-order valence-corrected chi connectivity index (χ0v) is 13.0. The third kappa shape index (κ3) is 2.43. The molecule has 2 N–H and O–H groups in total. The van der Waals surface area contributed by atoms with Crippen LogP contribution < -0.4 is 5.73 Å². The lowest BCUT2D eigenvalue weighted by molar-refractivity contribution is 0.907. The second-order valence-electron chi connectivity index (χ2n) is 5.31. The quantitative estimate of drug-likeness (QED) is 0.800. The fourth-order valence-electron chi connectivity index (χ4n) is 2.67. The number of rotatable bonds is 3. The highest BCUT2D eigenvalue weighted by atomic mass is 35.5. The number of hydrogen-bond acceptors (Lipinski definition) is 2. The predicted octanol–water partition coefficient (Wildman–Crippen LogP) is 3.77. The lowest BCUT2D eigenvalue weighted by Crippen LogP contribution is -2.06. The molecular formula is C17H18ClN3. The lowest BCUT2D eigenvalue weighted by Gasteiger charge is -2.08. The van der Waals surface area contributed by atoms with E-state index in [1.165, 1.54) is 11.1 Å². The van der Waals surface area contributed by atoms with E-state index in [4.69, 9.17) is 22.3 Å². The molecule has 1 aromatic carbocycles. The standard InChI is InChI=1S/C17H18ClN3/c1-11-5-6-12(2)13(10-11)16-15(7-8-19)21-9-3-4-14(18)17(21)20-16/h3-6,9-10H,7-8,19H2,1-2H3. The van der Waals surface area contributed by atoms with E-state index < -0.39 is 0 Å². The van der Waals surface area contributed by atoms with Crippen LogP contribution in [0.4, 0.5) is 0 Å². The zero-order chi connectivity index (χ0) is 15.0. The Kier molecular flexibility index (Phi) is 3.70. The molecule has 3 nitrogen and oxygen atoms in total. The maximum atomic E-state index is 6.29. The first kappa shape index (κ1) is 14.1. The van der Waals surface area contributed by atoms with Crippen molar-refractivity contribution in [3.63, 3.8) is 0 Å². The van der Waals surface area contributed by atoms with Crippen LogP contribution >= 0.6 is 11.6 Å². The van der Waals surface area contributed by atoms with E-state index in [1.54, 1.807) is 0 Å². The van der Waals surface area contributed by atoms with Crippen molar-refractivity contribution in [2.75, 3.05) is 6.54 Å². The van der Waals surface area contributed by atoms with Gasteiger partial charge in [-0.3, -0.25) is 0 Å². The SMILES string of the molecule is Cc1ccc(C)c(-c2nc3c(Cl)cccn3c2CCN)c1. The van der Waals surface area contributed by atoms with Crippen molar-refractivity contribution in [3.8, 4) is 11.3 Å². The number of imidazole rings is 1. The highest BCUT2D eigenvalue weighted by Crippen LogP contribution is 2.30. The van der Waals surface area contributed by atoms with E-state index in [-0.39, 0.29) is 0 Å². The van der Waals surface area contributed by atoms with Crippen molar-refractivity contribution in [2.24, 2.45) is 5.73 Å². The van der Waals surface area contributed by atoms with E-state index >= 15 is 0 Å². The number of aromatic nitrogens is 2. The Balaban J connectivity index is 2.33. The number of fused-ring (bicyclic) bond motifs is 1. The van der Waals surface area contributed by atoms with Gasteiger partial charge in [-0.05, 0) is 44.2 Å². The summed E-state index contributed by atoms with van der Waals surface area (Å²) in [5.74, 6) is 0. The van der Waals surface area contributed by atoms with Crippen molar-refractivity contribution >= 4 is 17.2 Å². The number of aryl methyl sites for hydroxylation is 2. The van der Waals surface area contributed by atoms with Crippen LogP contribution in [0.2, 0.25) is 5.02 Å². The molecule has 21 heavy (non-hydrogen) atoms. The van der Waals surface area contributed by atoms with Crippen molar-refractivity contribution in [3.05, 3.63) is 58.4 Å². The van der Waals surface area contributed by atoms with E-state index in [1.807, 2.05) is 22.7 Å². The lowest BCUT2D eigenvalue weighted by atomic mass is 10.0. The van der Waals surface area contributed by atoms with Crippen molar-refractivity contribution in [1.29, 1.82) is 0 Å². The third-order valence-electron chi connectivity index (χ3n) is 3.73. The van der Waals surface area contributed by atoms with E-state index in [9.17, 15) is 0 Å². The number of benzene rings is 1. The number of nitrogens with zero attached hydrogens (tertiary/aromatic N) is 2. The average molecular weight is 300 g/mol. The topological polar surface area (TPSA) is 43.3 Å². The Bertz CT molecular complexity index is 805. The summed E-state index contributed by atoms with van der Waals surface area (Å²) in [6.07, 6.45) is 2.76. The van der Waals surface area contributed by atoms with Gasteiger partial charge in [-0.1, -0.05) is 29.3 Å². The first-order chi connectivity index (χ1) is 10.1. The molecule has 0 bridgehead atoms. The molecule has 0 fully saturated rings. The van der Waals surface area contributed by atoms with Gasteiger partial charge >= 0.3 is 0 Å². The van der Waals surface area contributed by atoms with Gasteiger partial charge in [0.15, 0.2) is 5.65 Å². The molecule has 0 aliphatic carbocycles. The molecule has 3 aromatic rings. The summed E-state index contributed by atoms with van der Waals surface area (Å²) >= 11 is 6.29. The van der Waals surface area contributed by atoms with Crippen LogP contribution in [0, 0.1) is 13.8 Å². The molecule has 0 saturated carbocycles. The molecule has 0 spiro atoms. The average Bonchev–Trinajstić information content (AvgIpc) is 2.82. The van der Waals surface area contributed by atoms with Crippen LogP contribution in [0.3, 0.4) is 0 Å². The molecule has 4 heteroatoms. The maximum absolute atomic E-state index is 6.29. The van der Waals surface area contributed by atoms with Crippen molar-refractivity contribution in [2.45, 2.75) is 20.3 Å². The van der Waals surface area contributed by atoms with Crippen LogP contribution in [0.1, 0.15) is 16.8 Å². The van der Waals surface area contributed by atoms with Gasteiger partial charge in [0.05, 0.1) is 16.4 Å². The van der Waals surface area contributed by atoms with Gasteiger partial charge < -0.3 is 10.1 Å². The van der Waals surface area contributed by atoms with Crippen LogP contribution in [0.25, 0.3) is 16.9 Å². The molecule has 0 radical (unpaired) electrons. The molecular weight excluding hydrogens is 282 g/mol. The molecule has 2 aromatic heterocycles. The van der Waals surface area contributed by atoms with E-state index in [2.05, 4.69) is 32.0 Å². The molecule has 0 saturated heterocycles. The highest BCUT2D eigenvalue weighted by Gasteiger charge is 2.16. The largest absolute Gasteiger partial charge is 0.330 e. The van der Waals surface area contributed by atoms with Crippen molar-refractivity contribution in [1.82, 2.24) is 9.38 Å². The molecule has 3 rings (SSSR count). The second-order valence-corrected chi connectivity index (χ2v) is 5.72. The number of pyridine rings is 1. The summed E-state index contributed by atoms with van der Waals surface area (Å²) in [6.45, 7) is 4.78. The van der Waals surface area contributed by atoms with E-state index in [0.29, 0.717) is 11.6 Å². The fourth-order valence-corrected chi connectivity index (χ4v) is 2.87. The summed E-state index contributed by atoms with van der Waals surface area (Å²) in [6, 6.07) is 10.2. The fraction of sp³-hybridized carbons (Fsp3) is 0.235. The highest BCUT2D eigenvalue weighted by molar-refractivity contribution is 6.33. The van der Waals surface area contributed by atoms with Crippen molar-refractivity contribution < 1.29 is 0 Å². The predicted molar refractivity (Wildman–Crippen MR) is 87.9 cm³/mol. The van der Waals surface area contributed by atoms with Gasteiger partial charge in [0, 0.05) is 18.2 Å². The van der Waals surface area contributed by atoms with Gasteiger partial charge in [-0.25, -0.2) is 4.98 Å². The Morgan fingerprint density at radius 3 is 2.81 bits per heavy atom. The Labute approximate surface area is 129 Å². The first-order valence-corrected chi connectivity index (χ1v) is 7.42. The summed E-state index contributed by atoms with van der Waals surface area (Å²) < 4.78 is 2.05. The zero-order valence-electron chi connectivity index (χ0n) is 12.2. The Hall–Kier alpha value is -1.84. The third-order valence-corrected chi connectivity index (χ3v) is 4.03. The molecule has 0 unspecified atom stereocenters. The van der Waals surface area contributed by atoms with Gasteiger partial charge in [0.25, 0.3) is 0 Å². The maximum Gasteiger partial charge on any atom is 0.156 e. The summed E-state index contributed by atoms with van der Waals surface area (Å²) in [7, 11) is 0. The molecule has 0 amide bonds.